The molecule has 0 unspecified atom stereocenters. The van der Waals surface area contributed by atoms with E-state index in [2.05, 4.69) is 0 Å². The van der Waals surface area contributed by atoms with Crippen molar-refractivity contribution in [3.63, 3.8) is 0 Å². The summed E-state index contributed by atoms with van der Waals surface area (Å²) in [6.07, 6.45) is -9.19. The summed E-state index contributed by atoms with van der Waals surface area (Å²) < 4.78 is 75.6. The summed E-state index contributed by atoms with van der Waals surface area (Å²) in [6.45, 7) is 0. The molecule has 1 aromatic carbocycles. The van der Waals surface area contributed by atoms with E-state index >= 15 is 0 Å². The first-order chi connectivity index (χ1) is 8.58. The van der Waals surface area contributed by atoms with E-state index < -0.39 is 28.9 Å². The predicted molar refractivity (Wildman–Crippen MR) is 53.0 cm³/mol. The number of rotatable bonds is 1. The van der Waals surface area contributed by atoms with Crippen LogP contribution in [0.2, 0.25) is 0 Å². The molecule has 7 heteroatoms. The zero-order valence-electron chi connectivity index (χ0n) is 9.36. The third-order valence-corrected chi connectivity index (χ3v) is 3.10. The molecule has 102 valence electrons. The van der Waals surface area contributed by atoms with Gasteiger partial charge >= 0.3 is 12.4 Å². The molecule has 0 radical (unpaired) electrons. The highest BCUT2D eigenvalue weighted by atomic mass is 19.4. The molecule has 1 aromatic rings. The largest absolute Gasteiger partial charge is 0.416 e. The quantitative estimate of drug-likeness (QED) is 0.704. The molecule has 1 nitrogen and oxygen atoms in total. The van der Waals surface area contributed by atoms with Crippen LogP contribution in [0.5, 0.6) is 0 Å². The normalized spacial score (nSPS) is 17.9. The monoisotopic (exact) mass is 279 g/mol. The van der Waals surface area contributed by atoms with Gasteiger partial charge in [0.2, 0.25) is 0 Å². The Hall–Kier alpha value is -1.71. The van der Waals surface area contributed by atoms with Crippen LogP contribution >= 0.6 is 0 Å². The average Bonchev–Trinajstić information content (AvgIpc) is 3.07. The molecule has 0 amide bonds. The van der Waals surface area contributed by atoms with Gasteiger partial charge in [0.05, 0.1) is 22.6 Å². The Morgan fingerprint density at radius 2 is 1.32 bits per heavy atom. The Kier molecular flexibility index (Phi) is 2.81. The van der Waals surface area contributed by atoms with Gasteiger partial charge in [-0.1, -0.05) is 0 Å². The maximum atomic E-state index is 12.6. The Bertz CT molecular complexity index is 513. The second kappa shape index (κ2) is 3.89. The number of hydrogen-bond acceptors (Lipinski definition) is 1. The fraction of sp³-hybridized carbons (Fsp3) is 0.417. The number of hydrogen-bond donors (Lipinski definition) is 0. The van der Waals surface area contributed by atoms with Crippen LogP contribution in [0.1, 0.15) is 29.5 Å². The molecule has 1 saturated carbocycles. The van der Waals surface area contributed by atoms with E-state index in [1.54, 1.807) is 6.07 Å². The zero-order chi connectivity index (χ0) is 14.5. The molecular weight excluding hydrogens is 272 g/mol. The van der Waals surface area contributed by atoms with E-state index in [0.717, 1.165) is 0 Å². The molecule has 0 saturated heterocycles. The second-order valence-corrected chi connectivity index (χ2v) is 4.49. The van der Waals surface area contributed by atoms with Gasteiger partial charge in [-0.2, -0.15) is 31.6 Å². The molecule has 0 heterocycles. The van der Waals surface area contributed by atoms with Crippen LogP contribution in [0.3, 0.4) is 0 Å². The lowest BCUT2D eigenvalue weighted by molar-refractivity contribution is -0.143. The van der Waals surface area contributed by atoms with Gasteiger partial charge in [-0.3, -0.25) is 0 Å². The van der Waals surface area contributed by atoms with Crippen molar-refractivity contribution in [2.24, 2.45) is 0 Å². The zero-order valence-corrected chi connectivity index (χ0v) is 9.36. The summed E-state index contributed by atoms with van der Waals surface area (Å²) in [6, 6.07) is 3.12. The summed E-state index contributed by atoms with van der Waals surface area (Å²) in [4.78, 5) is 0. The average molecular weight is 279 g/mol. The van der Waals surface area contributed by atoms with E-state index in [0.29, 0.717) is 12.1 Å². The van der Waals surface area contributed by atoms with E-state index in [1.165, 1.54) is 0 Å². The predicted octanol–water partition coefficient (Wildman–Crippen LogP) is 4.28. The van der Waals surface area contributed by atoms with Crippen molar-refractivity contribution in [2.45, 2.75) is 30.6 Å². The van der Waals surface area contributed by atoms with E-state index in [1.807, 2.05) is 0 Å². The molecular formula is C12H7F6N. The lowest BCUT2D eigenvalue weighted by atomic mass is 9.93. The van der Waals surface area contributed by atoms with Gasteiger partial charge in [0.25, 0.3) is 0 Å². The van der Waals surface area contributed by atoms with Crippen LogP contribution in [0.15, 0.2) is 18.2 Å². The lowest BCUT2D eigenvalue weighted by Crippen LogP contribution is -2.14. The third kappa shape index (κ3) is 2.53. The maximum absolute atomic E-state index is 12.6. The highest BCUT2D eigenvalue weighted by molar-refractivity contribution is 5.44. The van der Waals surface area contributed by atoms with Crippen molar-refractivity contribution in [2.75, 3.05) is 0 Å². The Morgan fingerprint density at radius 1 is 0.895 bits per heavy atom. The molecule has 1 aliphatic carbocycles. The van der Waals surface area contributed by atoms with Gasteiger partial charge in [0.15, 0.2) is 0 Å². The molecule has 19 heavy (non-hydrogen) atoms. The smallest absolute Gasteiger partial charge is 0.197 e. The minimum absolute atomic E-state index is 0.0664. The molecule has 0 aliphatic heterocycles. The Morgan fingerprint density at radius 3 is 1.58 bits per heavy atom. The summed E-state index contributed by atoms with van der Waals surface area (Å²) >= 11 is 0. The van der Waals surface area contributed by atoms with Gasteiger partial charge < -0.3 is 0 Å². The number of alkyl halides is 6. The third-order valence-electron chi connectivity index (χ3n) is 3.10. The van der Waals surface area contributed by atoms with Crippen molar-refractivity contribution < 1.29 is 26.3 Å². The van der Waals surface area contributed by atoms with Crippen molar-refractivity contribution in [1.82, 2.24) is 0 Å². The highest BCUT2D eigenvalue weighted by Gasteiger charge is 2.47. The number of nitrogens with zero attached hydrogens (tertiary/aromatic N) is 1. The molecule has 2 rings (SSSR count). The van der Waals surface area contributed by atoms with Crippen LogP contribution in [-0.2, 0) is 17.8 Å². The number of halogens is 6. The SMILES string of the molecule is N#CC1(c2cc(C(F)(F)F)cc(C(F)(F)F)c2)CC1. The van der Waals surface area contributed by atoms with E-state index in [-0.39, 0.29) is 24.5 Å². The fourth-order valence-corrected chi connectivity index (χ4v) is 1.82. The summed E-state index contributed by atoms with van der Waals surface area (Å²) in [5.74, 6) is 0. The summed E-state index contributed by atoms with van der Waals surface area (Å²) in [5, 5.41) is 8.88. The van der Waals surface area contributed by atoms with E-state index in [4.69, 9.17) is 5.26 Å². The first-order valence-electron chi connectivity index (χ1n) is 5.30. The molecule has 0 aromatic heterocycles. The minimum atomic E-state index is -4.87. The van der Waals surface area contributed by atoms with Gasteiger partial charge in [-0.05, 0) is 36.6 Å². The molecule has 0 atom stereocenters. The van der Waals surface area contributed by atoms with Crippen LogP contribution in [0.25, 0.3) is 0 Å². The first kappa shape index (κ1) is 13.7. The van der Waals surface area contributed by atoms with Crippen LogP contribution < -0.4 is 0 Å². The first-order valence-corrected chi connectivity index (χ1v) is 5.30. The number of benzene rings is 1. The molecule has 0 bridgehead atoms. The number of nitriles is 1. The van der Waals surface area contributed by atoms with Crippen molar-refractivity contribution >= 4 is 0 Å². The van der Waals surface area contributed by atoms with Crippen molar-refractivity contribution in [3.05, 3.63) is 34.9 Å². The standard InChI is InChI=1S/C12H7F6N/c13-11(14,15)8-3-7(10(6-19)1-2-10)4-9(5-8)12(16,17)18/h3-5H,1-2H2. The Balaban J connectivity index is 2.60. The van der Waals surface area contributed by atoms with Gasteiger partial charge in [0, 0.05) is 0 Å². The van der Waals surface area contributed by atoms with Gasteiger partial charge in [0.1, 0.15) is 0 Å². The fourth-order valence-electron chi connectivity index (χ4n) is 1.82. The van der Waals surface area contributed by atoms with E-state index in [9.17, 15) is 26.3 Å². The minimum Gasteiger partial charge on any atom is -0.197 e. The highest BCUT2D eigenvalue weighted by Crippen LogP contribution is 2.49. The topological polar surface area (TPSA) is 23.8 Å². The van der Waals surface area contributed by atoms with Crippen LogP contribution in [0, 0.1) is 11.3 Å². The summed E-state index contributed by atoms with van der Waals surface area (Å²) in [5.41, 5.74) is -4.16. The maximum Gasteiger partial charge on any atom is 0.416 e. The van der Waals surface area contributed by atoms with Crippen LogP contribution in [0.4, 0.5) is 26.3 Å². The van der Waals surface area contributed by atoms with Crippen LogP contribution in [-0.4, -0.2) is 0 Å². The van der Waals surface area contributed by atoms with Gasteiger partial charge in [-0.15, -0.1) is 0 Å². The van der Waals surface area contributed by atoms with Gasteiger partial charge in [-0.25, -0.2) is 0 Å². The molecule has 1 aliphatic rings. The Labute approximate surface area is 104 Å². The van der Waals surface area contributed by atoms with Crippen molar-refractivity contribution in [1.29, 1.82) is 5.26 Å². The van der Waals surface area contributed by atoms with Crippen molar-refractivity contribution in [3.8, 4) is 6.07 Å². The molecule has 0 N–H and O–H groups in total. The summed E-state index contributed by atoms with van der Waals surface area (Å²) in [7, 11) is 0. The lowest BCUT2D eigenvalue weighted by Gasteiger charge is -2.16. The molecule has 0 spiro atoms. The molecule has 1 fully saturated rings. The second-order valence-electron chi connectivity index (χ2n) is 4.49.